The van der Waals surface area contributed by atoms with Gasteiger partial charge in [0.2, 0.25) is 0 Å². The number of para-hydroxylation sites is 1. The first kappa shape index (κ1) is 23.0. The zero-order valence-corrected chi connectivity index (χ0v) is 20.4. The second kappa shape index (κ2) is 10.2. The zero-order valence-electron chi connectivity index (χ0n) is 20.4. The van der Waals surface area contributed by atoms with Gasteiger partial charge >= 0.3 is 0 Å². The van der Waals surface area contributed by atoms with E-state index in [1.165, 1.54) is 16.8 Å². The van der Waals surface area contributed by atoms with E-state index in [0.717, 1.165) is 75.5 Å². The molecule has 5 rings (SSSR count). The number of amides is 1. The van der Waals surface area contributed by atoms with Gasteiger partial charge in [-0.05, 0) is 61.7 Å². The number of nitrogens with zero attached hydrogens (tertiary/aromatic N) is 3. The molecule has 1 aliphatic carbocycles. The molecule has 0 radical (unpaired) electrons. The van der Waals surface area contributed by atoms with E-state index in [0.29, 0.717) is 13.2 Å². The summed E-state index contributed by atoms with van der Waals surface area (Å²) in [7, 11) is 3.93. The molecular weight excluding hydrogens is 428 g/mol. The van der Waals surface area contributed by atoms with Crippen molar-refractivity contribution >= 4 is 17.3 Å². The van der Waals surface area contributed by atoms with Gasteiger partial charge in [-0.25, -0.2) is 0 Å². The van der Waals surface area contributed by atoms with Crippen molar-refractivity contribution in [2.45, 2.75) is 25.3 Å². The molecule has 34 heavy (non-hydrogen) atoms. The van der Waals surface area contributed by atoms with Crippen molar-refractivity contribution in [3.63, 3.8) is 0 Å². The third kappa shape index (κ3) is 4.72. The molecule has 7 heteroatoms. The summed E-state index contributed by atoms with van der Waals surface area (Å²) < 4.78 is 11.2. The van der Waals surface area contributed by atoms with E-state index in [1.807, 2.05) is 24.3 Å². The van der Waals surface area contributed by atoms with E-state index in [9.17, 15) is 4.79 Å². The molecule has 1 N–H and O–H groups in total. The molecule has 0 aromatic heterocycles. The van der Waals surface area contributed by atoms with Gasteiger partial charge in [-0.2, -0.15) is 0 Å². The van der Waals surface area contributed by atoms with Crippen LogP contribution in [0.25, 0.3) is 0 Å². The molecule has 2 aromatic carbocycles. The number of benzene rings is 2. The summed E-state index contributed by atoms with van der Waals surface area (Å²) in [6.07, 6.45) is 2.66. The molecule has 2 aromatic rings. The van der Waals surface area contributed by atoms with E-state index in [4.69, 9.17) is 9.47 Å². The molecule has 2 heterocycles. The van der Waals surface area contributed by atoms with Crippen LogP contribution in [0, 0.1) is 0 Å². The molecule has 0 saturated carbocycles. The number of methoxy groups -OCH3 is 1. The van der Waals surface area contributed by atoms with Crippen LogP contribution in [0.15, 0.2) is 36.4 Å². The molecule has 2 saturated heterocycles. The van der Waals surface area contributed by atoms with Crippen LogP contribution < -0.4 is 19.9 Å². The van der Waals surface area contributed by atoms with E-state index < -0.39 is 0 Å². The van der Waals surface area contributed by atoms with Gasteiger partial charge in [0.1, 0.15) is 5.75 Å². The number of piperazine rings is 1. The van der Waals surface area contributed by atoms with Crippen molar-refractivity contribution in [2.24, 2.45) is 0 Å². The Bertz CT molecular complexity index is 1010. The first-order valence-electron chi connectivity index (χ1n) is 12.5. The number of anilines is 2. The second-order valence-corrected chi connectivity index (χ2v) is 9.56. The molecule has 1 atom stereocenters. The Morgan fingerprint density at radius 1 is 0.941 bits per heavy atom. The molecule has 1 unspecified atom stereocenters. The minimum absolute atomic E-state index is 0.0135. The molecule has 7 nitrogen and oxygen atoms in total. The quantitative estimate of drug-likeness (QED) is 0.734. The Morgan fingerprint density at radius 2 is 1.68 bits per heavy atom. The number of fused-ring (bicyclic) bond motifs is 1. The summed E-state index contributed by atoms with van der Waals surface area (Å²) in [6.45, 7) is 7.22. The standard InChI is InChI=1S/C27H36N4O3/c1-29-11-13-30(14-12-29)25-9-10-26(33-2)21-8-7-20(19-23(21)25)28-27(32)22-5-3-4-6-24(22)31-15-17-34-18-16-31/h3-6,9-10,20H,7-8,11-19H2,1-2H3,(H,28,32). The Kier molecular flexibility index (Phi) is 6.92. The molecule has 3 aliphatic rings. The van der Waals surface area contributed by atoms with Crippen LogP contribution in [0.3, 0.4) is 0 Å². The highest BCUT2D eigenvalue weighted by Gasteiger charge is 2.29. The van der Waals surface area contributed by atoms with E-state index in [-0.39, 0.29) is 11.9 Å². The number of rotatable bonds is 5. The summed E-state index contributed by atoms with van der Waals surface area (Å²) >= 11 is 0. The van der Waals surface area contributed by atoms with Gasteiger partial charge in [0, 0.05) is 56.7 Å². The Morgan fingerprint density at radius 3 is 2.44 bits per heavy atom. The van der Waals surface area contributed by atoms with Gasteiger partial charge in [-0.1, -0.05) is 12.1 Å². The number of morpholine rings is 1. The predicted molar refractivity (Wildman–Crippen MR) is 135 cm³/mol. The number of likely N-dealkylation sites (N-methyl/N-ethyl adjacent to an activating group) is 1. The molecule has 182 valence electrons. The summed E-state index contributed by atoms with van der Waals surface area (Å²) in [5.41, 5.74) is 5.69. The van der Waals surface area contributed by atoms with Gasteiger partial charge in [0.05, 0.1) is 25.9 Å². The summed E-state index contributed by atoms with van der Waals surface area (Å²) in [5, 5.41) is 3.37. The van der Waals surface area contributed by atoms with E-state index in [1.54, 1.807) is 7.11 Å². The zero-order chi connectivity index (χ0) is 23.5. The maximum absolute atomic E-state index is 13.4. The van der Waals surface area contributed by atoms with Crippen LogP contribution in [0.2, 0.25) is 0 Å². The van der Waals surface area contributed by atoms with Crippen molar-refractivity contribution in [1.82, 2.24) is 10.2 Å². The van der Waals surface area contributed by atoms with Crippen LogP contribution in [-0.4, -0.2) is 83.5 Å². The topological polar surface area (TPSA) is 57.3 Å². The highest BCUT2D eigenvalue weighted by Crippen LogP contribution is 2.37. The fraction of sp³-hybridized carbons (Fsp3) is 0.519. The van der Waals surface area contributed by atoms with E-state index in [2.05, 4.69) is 39.2 Å². The fourth-order valence-corrected chi connectivity index (χ4v) is 5.49. The first-order valence-corrected chi connectivity index (χ1v) is 12.5. The van der Waals surface area contributed by atoms with Gasteiger partial charge in [0.15, 0.2) is 0 Å². The Balaban J connectivity index is 1.35. The Hall–Kier alpha value is -2.77. The maximum Gasteiger partial charge on any atom is 0.253 e. The molecule has 0 bridgehead atoms. The number of nitrogens with one attached hydrogen (secondary N) is 1. The fourth-order valence-electron chi connectivity index (χ4n) is 5.49. The lowest BCUT2D eigenvalue weighted by Crippen LogP contribution is -2.45. The molecule has 2 aliphatic heterocycles. The summed E-state index contributed by atoms with van der Waals surface area (Å²) in [5.74, 6) is 0.981. The molecule has 0 spiro atoms. The highest BCUT2D eigenvalue weighted by molar-refractivity contribution is 6.00. The maximum atomic E-state index is 13.4. The van der Waals surface area contributed by atoms with Crippen molar-refractivity contribution < 1.29 is 14.3 Å². The van der Waals surface area contributed by atoms with Crippen LogP contribution >= 0.6 is 0 Å². The normalized spacial score (nSPS) is 21.2. The molecular formula is C27H36N4O3. The monoisotopic (exact) mass is 464 g/mol. The lowest BCUT2D eigenvalue weighted by Gasteiger charge is -2.37. The number of hydrogen-bond donors (Lipinski definition) is 1. The molecule has 2 fully saturated rings. The number of ether oxygens (including phenoxy) is 2. The van der Waals surface area contributed by atoms with Gasteiger partial charge in [0.25, 0.3) is 5.91 Å². The van der Waals surface area contributed by atoms with Crippen LogP contribution in [0.1, 0.15) is 27.9 Å². The van der Waals surface area contributed by atoms with Gasteiger partial charge in [-0.15, -0.1) is 0 Å². The lowest BCUT2D eigenvalue weighted by molar-refractivity contribution is 0.0932. The number of hydrogen-bond acceptors (Lipinski definition) is 6. The minimum Gasteiger partial charge on any atom is -0.496 e. The van der Waals surface area contributed by atoms with E-state index >= 15 is 0 Å². The van der Waals surface area contributed by atoms with Crippen LogP contribution in [0.5, 0.6) is 5.75 Å². The van der Waals surface area contributed by atoms with Crippen LogP contribution in [0.4, 0.5) is 11.4 Å². The number of carbonyl (C=O) groups excluding carboxylic acids is 1. The van der Waals surface area contributed by atoms with Crippen molar-refractivity contribution in [1.29, 1.82) is 0 Å². The third-order valence-corrected chi connectivity index (χ3v) is 7.46. The minimum atomic E-state index is 0.0135. The Labute approximate surface area is 202 Å². The van der Waals surface area contributed by atoms with Gasteiger partial charge in [-0.3, -0.25) is 4.79 Å². The highest BCUT2D eigenvalue weighted by atomic mass is 16.5. The smallest absolute Gasteiger partial charge is 0.253 e. The lowest BCUT2D eigenvalue weighted by atomic mass is 9.85. The predicted octanol–water partition coefficient (Wildman–Crippen LogP) is 2.57. The van der Waals surface area contributed by atoms with Crippen molar-refractivity contribution in [3.05, 3.63) is 53.1 Å². The third-order valence-electron chi connectivity index (χ3n) is 7.46. The average molecular weight is 465 g/mol. The number of carbonyl (C=O) groups is 1. The average Bonchev–Trinajstić information content (AvgIpc) is 2.89. The van der Waals surface area contributed by atoms with Crippen LogP contribution in [-0.2, 0) is 17.6 Å². The van der Waals surface area contributed by atoms with Crippen molar-refractivity contribution in [3.8, 4) is 5.75 Å². The summed E-state index contributed by atoms with van der Waals surface area (Å²) in [6, 6.07) is 12.4. The largest absolute Gasteiger partial charge is 0.496 e. The van der Waals surface area contributed by atoms with Gasteiger partial charge < -0.3 is 29.5 Å². The van der Waals surface area contributed by atoms with Crippen molar-refractivity contribution in [2.75, 3.05) is 76.4 Å². The first-order chi connectivity index (χ1) is 16.6. The second-order valence-electron chi connectivity index (χ2n) is 9.56. The SMILES string of the molecule is COc1ccc(N2CCN(C)CC2)c2c1CCC(NC(=O)c1ccccc1N1CCOCC1)C2. The summed E-state index contributed by atoms with van der Waals surface area (Å²) in [4.78, 5) is 20.6. The molecule has 1 amide bonds.